The molecule has 2 N–H and O–H groups in total. The van der Waals surface area contributed by atoms with Crippen molar-refractivity contribution in [2.45, 2.75) is 72.6 Å². The van der Waals surface area contributed by atoms with Gasteiger partial charge in [0.15, 0.2) is 0 Å². The van der Waals surface area contributed by atoms with Crippen LogP contribution in [0.2, 0.25) is 0 Å². The Balaban J connectivity index is -0.0000000769. The molecule has 0 aliphatic carbocycles. The zero-order valence-corrected chi connectivity index (χ0v) is 25.8. The number of aliphatic hydroxyl groups is 2. The molecule has 0 atom stereocenters. The molecule has 27 heavy (non-hydrogen) atoms. The summed E-state index contributed by atoms with van der Waals surface area (Å²) in [6.45, 7) is 13.6. The van der Waals surface area contributed by atoms with Crippen molar-refractivity contribution in [2.24, 2.45) is 0 Å². The van der Waals surface area contributed by atoms with Gasteiger partial charge in [0.1, 0.15) is 0 Å². The second kappa shape index (κ2) is 35.2. The van der Waals surface area contributed by atoms with Gasteiger partial charge < -0.3 is 38.9 Å². The van der Waals surface area contributed by atoms with E-state index in [9.17, 15) is 0 Å². The van der Waals surface area contributed by atoms with Crippen LogP contribution < -0.4 is 0 Å². The van der Waals surface area contributed by atoms with Crippen LogP contribution in [-0.4, -0.2) is 57.1 Å². The van der Waals surface area contributed by atoms with Crippen molar-refractivity contribution in [3.05, 3.63) is 24.3 Å². The predicted molar refractivity (Wildman–Crippen MR) is 116 cm³/mol. The van der Waals surface area contributed by atoms with Gasteiger partial charge >= 0.3 is 43.4 Å². The Morgan fingerprint density at radius 1 is 0.852 bits per heavy atom. The molecule has 2 rings (SSSR count). The van der Waals surface area contributed by atoms with Crippen LogP contribution in [0, 0.1) is 24.3 Å². The zero-order valence-electron chi connectivity index (χ0n) is 18.7. The Bertz CT molecular complexity index is 200. The molecule has 0 saturated carbocycles. The Labute approximate surface area is 205 Å². The van der Waals surface area contributed by atoms with Crippen molar-refractivity contribution in [1.82, 2.24) is 0 Å². The monoisotopic (exact) mass is 488 g/mol. The van der Waals surface area contributed by atoms with Crippen LogP contribution in [0.1, 0.15) is 72.6 Å². The second-order valence-corrected chi connectivity index (χ2v) is 8.34. The first kappa shape index (κ1) is 39.2. The maximum Gasteiger partial charge on any atom is 2.00 e. The Kier molecular flexibility index (Phi) is 51.1. The first-order valence-corrected chi connectivity index (χ1v) is 11.6. The third-order valence-corrected chi connectivity index (χ3v) is 4.62. The van der Waals surface area contributed by atoms with Gasteiger partial charge in [0.05, 0.1) is 0 Å². The summed E-state index contributed by atoms with van der Waals surface area (Å²) >= 11 is 0. The van der Waals surface area contributed by atoms with Gasteiger partial charge in [0, 0.05) is 26.4 Å². The summed E-state index contributed by atoms with van der Waals surface area (Å²) in [6, 6.07) is 0. The van der Waals surface area contributed by atoms with Crippen LogP contribution in [0.15, 0.2) is 0 Å². The molecule has 2 aliphatic heterocycles. The molecule has 2 aliphatic rings. The molecule has 2 saturated heterocycles. The normalized spacial score (nSPS) is 16.4. The average Bonchev–Trinajstić information content (AvgIpc) is 2.59. The van der Waals surface area contributed by atoms with Gasteiger partial charge in [-0.3, -0.25) is 0 Å². The fourth-order valence-corrected chi connectivity index (χ4v) is 2.70. The molecule has 0 aromatic heterocycles. The smallest absolute Gasteiger partial charge is 0.551 e. The number of aliphatic hydroxyl groups excluding tert-OH is 2. The number of hydrogen-bond acceptors (Lipinski definition) is 4. The summed E-state index contributed by atoms with van der Waals surface area (Å²) in [5.41, 5.74) is 2.71. The van der Waals surface area contributed by atoms with Crippen molar-refractivity contribution in [3.8, 4) is 0 Å². The maximum absolute atomic E-state index is 7.57. The minimum atomic E-state index is 0. The largest absolute Gasteiger partial charge is 2.00 e. The van der Waals surface area contributed by atoms with Crippen LogP contribution in [0.3, 0.4) is 0 Å². The standard InChI is InChI=1S/2C5H11OSi.C5H10.2C2H6O.2Ti/c2*7-5-3-1-2-4-6-5;1-4-5(2)3;2*1-2-3;;/h2*1-4H2,7H3;1,4H2,2-3H3;2*3H,2H2,1H3;;/q2*-1;-2;;;2*+2. The van der Waals surface area contributed by atoms with E-state index in [0.717, 1.165) is 40.1 Å². The third-order valence-electron chi connectivity index (χ3n) is 3.04. The van der Waals surface area contributed by atoms with E-state index in [4.69, 9.17) is 19.7 Å². The molecule has 4 nitrogen and oxygen atoms in total. The van der Waals surface area contributed by atoms with Gasteiger partial charge in [-0.2, -0.15) is 26.7 Å². The van der Waals surface area contributed by atoms with E-state index in [1.54, 1.807) is 13.8 Å². The molecule has 0 spiro atoms. The van der Waals surface area contributed by atoms with E-state index in [-0.39, 0.29) is 56.6 Å². The van der Waals surface area contributed by atoms with Gasteiger partial charge in [-0.1, -0.05) is 12.8 Å². The topological polar surface area (TPSA) is 58.9 Å². The minimum absolute atomic E-state index is 0. The number of ether oxygens (including phenoxy) is 2. The number of rotatable bonds is 1. The van der Waals surface area contributed by atoms with E-state index in [1.807, 2.05) is 0 Å². The van der Waals surface area contributed by atoms with Crippen LogP contribution in [0.4, 0.5) is 0 Å². The van der Waals surface area contributed by atoms with Gasteiger partial charge in [-0.15, -0.1) is 20.5 Å². The molecular weight excluding hydrogens is 444 g/mol. The fourth-order valence-electron chi connectivity index (χ4n) is 1.59. The van der Waals surface area contributed by atoms with E-state index in [0.29, 0.717) is 0 Å². The first-order chi connectivity index (χ1) is 11.9. The minimum Gasteiger partial charge on any atom is -0.551 e. The van der Waals surface area contributed by atoms with E-state index in [1.165, 1.54) is 55.9 Å². The molecule has 0 bridgehead atoms. The Morgan fingerprint density at radius 2 is 1.11 bits per heavy atom. The zero-order chi connectivity index (χ0) is 19.9. The van der Waals surface area contributed by atoms with Crippen LogP contribution in [0.5, 0.6) is 0 Å². The van der Waals surface area contributed by atoms with Crippen LogP contribution in [-0.2, 0) is 52.9 Å². The molecule has 2 fully saturated rings. The van der Waals surface area contributed by atoms with Crippen molar-refractivity contribution >= 4 is 20.5 Å². The Hall–Kier alpha value is 1.70. The summed E-state index contributed by atoms with van der Waals surface area (Å²) in [7, 11) is 2.29. The van der Waals surface area contributed by atoms with Crippen LogP contribution in [0.25, 0.3) is 0 Å². The van der Waals surface area contributed by atoms with Crippen LogP contribution >= 0.6 is 0 Å². The third kappa shape index (κ3) is 47.1. The predicted octanol–water partition coefficient (Wildman–Crippen LogP) is 1.90. The van der Waals surface area contributed by atoms with E-state index in [2.05, 4.69) is 20.8 Å². The summed E-state index contributed by atoms with van der Waals surface area (Å²) in [5.74, 6) is 1.39. The van der Waals surface area contributed by atoms with E-state index >= 15 is 0 Å². The Morgan fingerprint density at radius 3 is 1.19 bits per heavy atom. The molecule has 0 amide bonds. The molecule has 8 heteroatoms. The van der Waals surface area contributed by atoms with E-state index < -0.39 is 0 Å². The molecule has 0 radical (unpaired) electrons. The molecule has 0 aromatic rings. The van der Waals surface area contributed by atoms with Gasteiger partial charge in [0.2, 0.25) is 0 Å². The molecule has 160 valence electrons. The summed E-state index contributed by atoms with van der Waals surface area (Å²) in [6.07, 6.45) is 8.72. The summed E-state index contributed by atoms with van der Waals surface area (Å²) < 4.78 is 10.5. The maximum atomic E-state index is 7.57. The fraction of sp³-hybridized carbons (Fsp3) is 0.789. The summed E-state index contributed by atoms with van der Waals surface area (Å²) in [4.78, 5) is 0. The first-order valence-electron chi connectivity index (χ1n) is 9.59. The molecule has 0 aromatic carbocycles. The van der Waals surface area contributed by atoms with Gasteiger partial charge in [-0.25, -0.2) is 11.5 Å². The van der Waals surface area contributed by atoms with Crippen molar-refractivity contribution in [3.63, 3.8) is 0 Å². The molecule has 0 unspecified atom stereocenters. The van der Waals surface area contributed by atoms with Crippen molar-refractivity contribution in [2.75, 3.05) is 26.4 Å². The molecule has 2 heterocycles. The second-order valence-electron chi connectivity index (χ2n) is 6.10. The average molecular weight is 488 g/mol. The number of hydrogen-bond donors (Lipinski definition) is 2. The van der Waals surface area contributed by atoms with Crippen molar-refractivity contribution in [1.29, 1.82) is 0 Å². The summed E-state index contributed by atoms with van der Waals surface area (Å²) in [5, 5.41) is 15.1. The van der Waals surface area contributed by atoms with Gasteiger partial charge in [-0.05, 0) is 26.7 Å². The SMILES string of the molecule is CCO.CCO.[CH2-]C[C-](C)C.[SiH3][C-]1CCCCO1.[SiH3][C-]1CCCCO1.[Ti+2].[Ti+2]. The quantitative estimate of drug-likeness (QED) is 0.438. The van der Waals surface area contributed by atoms with Gasteiger partial charge in [0.25, 0.3) is 0 Å². The van der Waals surface area contributed by atoms with Crippen molar-refractivity contribution < 1.29 is 63.1 Å². The molecular formula is C19H44O4Si2Ti2.